The zero-order valence-corrected chi connectivity index (χ0v) is 21.3. The third-order valence-corrected chi connectivity index (χ3v) is 5.71. The Morgan fingerprint density at radius 2 is 1.81 bits per heavy atom. The zero-order chi connectivity index (χ0) is 21.8. The molecule has 3 rings (SSSR count). The number of nitrogens with zero attached hydrogens (tertiary/aromatic N) is 2. The molecule has 0 radical (unpaired) electrons. The van der Waals surface area contributed by atoms with Gasteiger partial charge in [-0.15, -0.1) is 24.0 Å². The van der Waals surface area contributed by atoms with E-state index in [1.165, 1.54) is 19.3 Å². The molecule has 0 atom stereocenters. The molecule has 2 aromatic rings. The number of methoxy groups -OCH3 is 1. The summed E-state index contributed by atoms with van der Waals surface area (Å²) in [6.45, 7) is 3.30. The molecule has 0 bridgehead atoms. The first-order valence-electron chi connectivity index (χ1n) is 10.9. The van der Waals surface area contributed by atoms with E-state index in [4.69, 9.17) is 14.2 Å². The minimum Gasteiger partial charge on any atom is -0.490 e. The summed E-state index contributed by atoms with van der Waals surface area (Å²) < 4.78 is 16.5. The number of aromatic nitrogens is 1. The smallest absolute Gasteiger partial charge is 0.213 e. The first-order chi connectivity index (χ1) is 15.2. The van der Waals surface area contributed by atoms with Crippen molar-refractivity contribution in [2.75, 3.05) is 40.5 Å². The van der Waals surface area contributed by atoms with Gasteiger partial charge in [0.25, 0.3) is 0 Å². The van der Waals surface area contributed by atoms with Crippen LogP contribution in [0.15, 0.2) is 53.7 Å². The summed E-state index contributed by atoms with van der Waals surface area (Å²) in [5, 5.41) is 6.83. The maximum Gasteiger partial charge on any atom is 0.213 e. The van der Waals surface area contributed by atoms with E-state index in [0.717, 1.165) is 36.8 Å². The number of rotatable bonds is 12. The first kappa shape index (κ1) is 26.2. The van der Waals surface area contributed by atoms with Crippen molar-refractivity contribution in [3.63, 3.8) is 0 Å². The molecule has 0 unspecified atom stereocenters. The van der Waals surface area contributed by atoms with Gasteiger partial charge in [-0.3, -0.25) is 4.99 Å². The van der Waals surface area contributed by atoms with Gasteiger partial charge in [0.15, 0.2) is 5.96 Å². The van der Waals surface area contributed by atoms with E-state index in [1.807, 2.05) is 48.7 Å². The largest absolute Gasteiger partial charge is 0.490 e. The summed E-state index contributed by atoms with van der Waals surface area (Å²) in [6.07, 6.45) is 6.72. The van der Waals surface area contributed by atoms with Crippen LogP contribution in [0.3, 0.4) is 0 Å². The van der Waals surface area contributed by atoms with Crippen LogP contribution in [-0.4, -0.2) is 51.5 Å². The molecule has 2 N–H and O–H groups in total. The molecule has 7 nitrogen and oxygen atoms in total. The van der Waals surface area contributed by atoms with E-state index >= 15 is 0 Å². The topological polar surface area (TPSA) is 77.0 Å². The standard InChI is InChI=1S/C24H34N4O3.HI/c1-25-23(28-19-24(11-6-12-24)13-14-29-2)27-18-20-9-10-22(26-17-20)31-16-15-30-21-7-4-3-5-8-21;/h3-5,7-10,17H,6,11-16,18-19H2,1-2H3,(H2,25,27,28);1H. The van der Waals surface area contributed by atoms with Crippen LogP contribution in [0.1, 0.15) is 31.2 Å². The fourth-order valence-electron chi connectivity index (χ4n) is 3.61. The summed E-state index contributed by atoms with van der Waals surface area (Å²) in [5.74, 6) is 2.24. The maximum atomic E-state index is 5.65. The van der Waals surface area contributed by atoms with Crippen molar-refractivity contribution in [3.05, 3.63) is 54.2 Å². The predicted molar refractivity (Wildman–Crippen MR) is 138 cm³/mol. The average molecular weight is 554 g/mol. The Morgan fingerprint density at radius 1 is 1.03 bits per heavy atom. The molecule has 1 aliphatic carbocycles. The van der Waals surface area contributed by atoms with Gasteiger partial charge in [0.1, 0.15) is 19.0 Å². The number of para-hydroxylation sites is 1. The fraction of sp³-hybridized carbons (Fsp3) is 0.500. The molecule has 0 spiro atoms. The van der Waals surface area contributed by atoms with Gasteiger partial charge in [-0.05, 0) is 42.4 Å². The monoisotopic (exact) mass is 554 g/mol. The molecule has 176 valence electrons. The van der Waals surface area contributed by atoms with Crippen molar-refractivity contribution < 1.29 is 14.2 Å². The van der Waals surface area contributed by atoms with Gasteiger partial charge >= 0.3 is 0 Å². The van der Waals surface area contributed by atoms with E-state index in [9.17, 15) is 0 Å². The summed E-state index contributed by atoms with van der Waals surface area (Å²) in [4.78, 5) is 8.72. The molecular weight excluding hydrogens is 519 g/mol. The Labute approximate surface area is 208 Å². The minimum atomic E-state index is 0. The van der Waals surface area contributed by atoms with Crippen LogP contribution in [0.5, 0.6) is 11.6 Å². The third-order valence-electron chi connectivity index (χ3n) is 5.71. The molecule has 1 fully saturated rings. The van der Waals surface area contributed by atoms with Gasteiger partial charge in [0.2, 0.25) is 5.88 Å². The number of guanidine groups is 1. The van der Waals surface area contributed by atoms with Crippen molar-refractivity contribution >= 4 is 29.9 Å². The number of pyridine rings is 1. The Kier molecular flexibility index (Phi) is 11.6. The number of nitrogens with one attached hydrogen (secondary N) is 2. The van der Waals surface area contributed by atoms with Crippen molar-refractivity contribution in [3.8, 4) is 11.6 Å². The van der Waals surface area contributed by atoms with Crippen LogP contribution < -0.4 is 20.1 Å². The van der Waals surface area contributed by atoms with Crippen LogP contribution in [0.25, 0.3) is 0 Å². The highest BCUT2D eigenvalue weighted by molar-refractivity contribution is 14.0. The number of ether oxygens (including phenoxy) is 3. The third kappa shape index (κ3) is 8.46. The zero-order valence-electron chi connectivity index (χ0n) is 19.0. The van der Waals surface area contributed by atoms with Crippen molar-refractivity contribution in [2.45, 2.75) is 32.2 Å². The Balaban J connectivity index is 0.00000363. The lowest BCUT2D eigenvalue weighted by atomic mass is 9.67. The van der Waals surface area contributed by atoms with E-state index in [1.54, 1.807) is 14.2 Å². The number of benzene rings is 1. The molecule has 0 amide bonds. The average Bonchev–Trinajstić information content (AvgIpc) is 2.79. The second-order valence-corrected chi connectivity index (χ2v) is 7.89. The molecular formula is C24H35IN4O3. The molecule has 8 heteroatoms. The van der Waals surface area contributed by atoms with E-state index in [0.29, 0.717) is 31.1 Å². The normalized spacial score (nSPS) is 14.6. The summed E-state index contributed by atoms with van der Waals surface area (Å²) >= 11 is 0. The molecule has 1 heterocycles. The van der Waals surface area contributed by atoms with Crippen LogP contribution in [0.2, 0.25) is 0 Å². The highest BCUT2D eigenvalue weighted by atomic mass is 127. The van der Waals surface area contributed by atoms with Crippen molar-refractivity contribution in [2.24, 2.45) is 10.4 Å². The van der Waals surface area contributed by atoms with Crippen LogP contribution in [0, 0.1) is 5.41 Å². The minimum absolute atomic E-state index is 0. The molecule has 1 aromatic heterocycles. The van der Waals surface area contributed by atoms with Crippen LogP contribution >= 0.6 is 24.0 Å². The summed E-state index contributed by atoms with van der Waals surface area (Å²) in [7, 11) is 3.56. The highest BCUT2D eigenvalue weighted by Crippen LogP contribution is 2.43. The molecule has 0 aliphatic heterocycles. The number of halogens is 1. The molecule has 1 aromatic carbocycles. The molecule has 32 heavy (non-hydrogen) atoms. The predicted octanol–water partition coefficient (Wildman–Crippen LogP) is 4.03. The fourth-order valence-corrected chi connectivity index (χ4v) is 3.61. The van der Waals surface area contributed by atoms with Crippen LogP contribution in [0.4, 0.5) is 0 Å². The molecule has 1 saturated carbocycles. The lowest BCUT2D eigenvalue weighted by molar-refractivity contribution is 0.0732. The highest BCUT2D eigenvalue weighted by Gasteiger charge is 2.36. The molecule has 0 saturated heterocycles. The van der Waals surface area contributed by atoms with Gasteiger partial charge in [0, 0.05) is 46.1 Å². The maximum absolute atomic E-state index is 5.65. The van der Waals surface area contributed by atoms with Gasteiger partial charge < -0.3 is 24.8 Å². The Bertz CT molecular complexity index is 799. The van der Waals surface area contributed by atoms with E-state index in [2.05, 4.69) is 20.6 Å². The van der Waals surface area contributed by atoms with Crippen LogP contribution in [-0.2, 0) is 11.3 Å². The quantitative estimate of drug-likeness (QED) is 0.179. The Morgan fingerprint density at radius 3 is 2.44 bits per heavy atom. The van der Waals surface area contributed by atoms with Crippen molar-refractivity contribution in [1.82, 2.24) is 15.6 Å². The summed E-state index contributed by atoms with van der Waals surface area (Å²) in [5.41, 5.74) is 1.41. The number of hydrogen-bond donors (Lipinski definition) is 2. The lowest BCUT2D eigenvalue weighted by Crippen LogP contribution is -2.46. The number of aliphatic imine (C=N–C) groups is 1. The van der Waals surface area contributed by atoms with Crippen molar-refractivity contribution in [1.29, 1.82) is 0 Å². The first-order valence-corrected chi connectivity index (χ1v) is 10.9. The van der Waals surface area contributed by atoms with Gasteiger partial charge in [0.05, 0.1) is 0 Å². The van der Waals surface area contributed by atoms with Gasteiger partial charge in [-0.2, -0.15) is 0 Å². The van der Waals surface area contributed by atoms with E-state index in [-0.39, 0.29) is 24.0 Å². The second kappa shape index (κ2) is 14.2. The summed E-state index contributed by atoms with van der Waals surface area (Å²) in [6, 6.07) is 13.6. The SMILES string of the molecule is CN=C(NCc1ccc(OCCOc2ccccc2)nc1)NCC1(CCOC)CCC1.I. The second-order valence-electron chi connectivity index (χ2n) is 7.89. The number of hydrogen-bond acceptors (Lipinski definition) is 5. The lowest BCUT2D eigenvalue weighted by Gasteiger charge is -2.42. The van der Waals surface area contributed by atoms with Gasteiger partial charge in [-0.1, -0.05) is 30.7 Å². The Hall–Kier alpha value is -2.07. The molecule has 1 aliphatic rings. The van der Waals surface area contributed by atoms with E-state index < -0.39 is 0 Å². The van der Waals surface area contributed by atoms with Gasteiger partial charge in [-0.25, -0.2) is 4.98 Å².